The lowest BCUT2D eigenvalue weighted by Gasteiger charge is -2.19. The third kappa shape index (κ3) is 12.3. The SMILES string of the molecule is Cc1[nH]c(=O)c(Cl)c(OCc2ccccc2CNC(=O)Nc2cc(C(C)(C)C)nn2-c2ccc(O)c(Cl)c2)c1Cc1cccc(CNC(=O)CNC(=O)OC(C)(C)C)c1. The van der Waals surface area contributed by atoms with Crippen LogP contribution in [0.4, 0.5) is 15.4 Å². The van der Waals surface area contributed by atoms with Crippen LogP contribution in [-0.4, -0.2) is 50.0 Å². The highest BCUT2D eigenvalue weighted by Gasteiger charge is 2.23. The van der Waals surface area contributed by atoms with Crippen LogP contribution in [0.15, 0.2) is 77.6 Å². The van der Waals surface area contributed by atoms with Crippen molar-refractivity contribution in [1.29, 1.82) is 0 Å². The molecule has 2 aromatic heterocycles. The summed E-state index contributed by atoms with van der Waals surface area (Å²) in [7, 11) is 0. The van der Waals surface area contributed by atoms with E-state index in [4.69, 9.17) is 37.8 Å². The van der Waals surface area contributed by atoms with Crippen molar-refractivity contribution >= 4 is 47.1 Å². The molecular weight excluding hydrogens is 797 g/mol. The molecule has 0 spiro atoms. The molecule has 0 fully saturated rings. The minimum Gasteiger partial charge on any atom is -0.506 e. The number of hydrogen-bond donors (Lipinski definition) is 6. The molecule has 4 amide bonds. The largest absolute Gasteiger partial charge is 0.506 e. The molecular formula is C43H49Cl2N7O7. The molecule has 0 unspecified atom stereocenters. The summed E-state index contributed by atoms with van der Waals surface area (Å²) in [6.07, 6.45) is -0.326. The second-order valence-electron chi connectivity index (χ2n) is 15.9. The zero-order valence-corrected chi connectivity index (χ0v) is 35.5. The maximum absolute atomic E-state index is 13.3. The third-order valence-electron chi connectivity index (χ3n) is 8.91. The number of amides is 4. The third-order valence-corrected chi connectivity index (χ3v) is 9.55. The highest BCUT2D eigenvalue weighted by Crippen LogP contribution is 2.32. The second-order valence-corrected chi connectivity index (χ2v) is 16.7. The number of aromatic amines is 1. The van der Waals surface area contributed by atoms with Gasteiger partial charge in [0.1, 0.15) is 41.1 Å². The lowest BCUT2D eigenvalue weighted by atomic mass is 9.92. The van der Waals surface area contributed by atoms with Crippen LogP contribution in [0.1, 0.15) is 80.7 Å². The van der Waals surface area contributed by atoms with Crippen LogP contribution in [0.3, 0.4) is 0 Å². The van der Waals surface area contributed by atoms with Crippen molar-refractivity contribution in [3.05, 3.63) is 132 Å². The Morgan fingerprint density at radius 2 is 1.58 bits per heavy atom. The number of phenolic OH excluding ortho intramolecular Hbond substituents is 1. The van der Waals surface area contributed by atoms with E-state index in [0.29, 0.717) is 29.2 Å². The molecule has 0 atom stereocenters. The van der Waals surface area contributed by atoms with Crippen molar-refractivity contribution in [1.82, 2.24) is 30.7 Å². The number of hydrogen-bond acceptors (Lipinski definition) is 8. The van der Waals surface area contributed by atoms with Crippen LogP contribution in [0, 0.1) is 6.92 Å². The van der Waals surface area contributed by atoms with Gasteiger partial charge in [-0.15, -0.1) is 0 Å². The molecule has 0 saturated heterocycles. The first-order valence-corrected chi connectivity index (χ1v) is 19.6. The Kier molecular flexibility index (Phi) is 14.0. The Morgan fingerprint density at radius 3 is 2.27 bits per heavy atom. The Morgan fingerprint density at radius 1 is 0.864 bits per heavy atom. The number of nitrogens with zero attached hydrogens (tertiary/aromatic N) is 2. The number of phenols is 1. The van der Waals surface area contributed by atoms with Gasteiger partial charge in [0, 0.05) is 42.2 Å². The standard InChI is InChI=1S/C43H49Cl2N7O7/c1-25-31(18-26-11-10-12-27(17-26)21-46-36(54)23-48-41(57)59-43(5,6)7)38(37(45)39(55)49-25)58-24-29-14-9-8-13-28(29)22-47-40(56)50-35-20-34(42(2,3)4)51-52(35)30-15-16-33(53)32(44)19-30/h8-17,19-20,53H,18,21-24H2,1-7H3,(H,46,54)(H,48,57)(H,49,55)(H2,47,50,56). The number of aromatic nitrogens is 3. The summed E-state index contributed by atoms with van der Waals surface area (Å²) >= 11 is 12.8. The van der Waals surface area contributed by atoms with Crippen LogP contribution in [-0.2, 0) is 41.1 Å². The fourth-order valence-electron chi connectivity index (χ4n) is 5.87. The number of anilines is 1. The Hall–Kier alpha value is -5.99. The molecule has 0 aliphatic carbocycles. The monoisotopic (exact) mass is 845 g/mol. The average molecular weight is 847 g/mol. The van der Waals surface area contributed by atoms with E-state index in [0.717, 1.165) is 27.9 Å². The highest BCUT2D eigenvalue weighted by atomic mass is 35.5. The molecule has 5 rings (SSSR count). The van der Waals surface area contributed by atoms with Crippen LogP contribution < -0.4 is 31.6 Å². The fourth-order valence-corrected chi connectivity index (χ4v) is 6.26. The maximum Gasteiger partial charge on any atom is 0.408 e. The zero-order chi connectivity index (χ0) is 43.1. The lowest BCUT2D eigenvalue weighted by molar-refractivity contribution is -0.120. The molecule has 312 valence electrons. The first-order chi connectivity index (χ1) is 27.8. The van der Waals surface area contributed by atoms with Crippen LogP contribution >= 0.6 is 23.2 Å². The normalized spacial score (nSPS) is 11.5. The molecule has 5 aromatic rings. The van der Waals surface area contributed by atoms with Crippen molar-refractivity contribution in [2.24, 2.45) is 0 Å². The van der Waals surface area contributed by atoms with Crippen LogP contribution in [0.25, 0.3) is 5.69 Å². The predicted octanol–water partition coefficient (Wildman–Crippen LogP) is 7.81. The molecule has 6 N–H and O–H groups in total. The molecule has 14 nitrogen and oxygen atoms in total. The summed E-state index contributed by atoms with van der Waals surface area (Å²) in [6.45, 7) is 13.2. The van der Waals surface area contributed by atoms with E-state index < -0.39 is 23.3 Å². The number of pyridine rings is 1. The lowest BCUT2D eigenvalue weighted by Crippen LogP contribution is -2.39. The molecule has 59 heavy (non-hydrogen) atoms. The summed E-state index contributed by atoms with van der Waals surface area (Å²) in [5.41, 5.74) is 4.26. The second kappa shape index (κ2) is 18.7. The van der Waals surface area contributed by atoms with Crippen molar-refractivity contribution in [2.45, 2.75) is 85.6 Å². The van der Waals surface area contributed by atoms with Crippen LogP contribution in [0.5, 0.6) is 11.5 Å². The maximum atomic E-state index is 13.3. The number of H-pyrrole nitrogens is 1. The van der Waals surface area contributed by atoms with E-state index >= 15 is 0 Å². The summed E-state index contributed by atoms with van der Waals surface area (Å²) in [6, 6.07) is 21.0. The summed E-state index contributed by atoms with van der Waals surface area (Å²) in [5.74, 6) is 0.187. The van der Waals surface area contributed by atoms with Crippen molar-refractivity contribution < 1.29 is 29.0 Å². The summed E-state index contributed by atoms with van der Waals surface area (Å²) in [4.78, 5) is 53.3. The Balaban J connectivity index is 1.25. The van der Waals surface area contributed by atoms with Gasteiger partial charge in [-0.25, -0.2) is 14.3 Å². The highest BCUT2D eigenvalue weighted by molar-refractivity contribution is 6.32. The number of urea groups is 1. The minimum absolute atomic E-state index is 0.0435. The van der Waals surface area contributed by atoms with Crippen molar-refractivity contribution in [2.75, 3.05) is 11.9 Å². The van der Waals surface area contributed by atoms with Gasteiger partial charge < -0.3 is 35.5 Å². The molecule has 16 heteroatoms. The molecule has 3 aromatic carbocycles. The number of nitrogens with one attached hydrogen (secondary N) is 5. The Bertz CT molecular complexity index is 2400. The number of benzene rings is 3. The van der Waals surface area contributed by atoms with E-state index in [2.05, 4.69) is 26.3 Å². The van der Waals surface area contributed by atoms with Gasteiger partial charge >= 0.3 is 12.1 Å². The number of carbonyl (C=O) groups excluding carboxylic acids is 3. The van der Waals surface area contributed by atoms with Gasteiger partial charge in [0.05, 0.1) is 16.4 Å². The summed E-state index contributed by atoms with van der Waals surface area (Å²) < 4.78 is 13.0. The van der Waals surface area contributed by atoms with E-state index in [9.17, 15) is 24.3 Å². The smallest absolute Gasteiger partial charge is 0.408 e. The number of carbonyl (C=O) groups is 3. The number of aromatic hydroxyl groups is 1. The molecule has 2 heterocycles. The molecule has 0 radical (unpaired) electrons. The zero-order valence-electron chi connectivity index (χ0n) is 34.0. The Labute approximate surface area is 352 Å². The van der Waals surface area contributed by atoms with E-state index in [1.165, 1.54) is 6.07 Å². The minimum atomic E-state index is -0.680. The molecule has 0 bridgehead atoms. The van der Waals surface area contributed by atoms with Crippen molar-refractivity contribution in [3.8, 4) is 17.2 Å². The van der Waals surface area contributed by atoms with E-state index in [1.54, 1.807) is 50.6 Å². The molecule has 0 saturated carbocycles. The van der Waals surface area contributed by atoms with E-state index in [1.807, 2.05) is 69.3 Å². The number of aryl methyl sites for hydroxylation is 1. The predicted molar refractivity (Wildman–Crippen MR) is 228 cm³/mol. The summed E-state index contributed by atoms with van der Waals surface area (Å²) in [5, 5.41) is 25.7. The molecule has 0 aliphatic heterocycles. The number of ether oxygens (including phenoxy) is 2. The van der Waals surface area contributed by atoms with Crippen LogP contribution in [0.2, 0.25) is 10.0 Å². The van der Waals surface area contributed by atoms with Gasteiger partial charge in [0.15, 0.2) is 0 Å². The van der Waals surface area contributed by atoms with Gasteiger partial charge in [0.2, 0.25) is 5.91 Å². The quantitative estimate of drug-likeness (QED) is 0.0692. The fraction of sp³-hybridized carbons (Fsp3) is 0.326. The first kappa shape index (κ1) is 44.1. The molecule has 0 aliphatic rings. The van der Waals surface area contributed by atoms with E-state index in [-0.39, 0.29) is 59.1 Å². The number of alkyl carbamates (subject to hydrolysis) is 1. The van der Waals surface area contributed by atoms with Crippen molar-refractivity contribution in [3.63, 3.8) is 0 Å². The topological polar surface area (TPSA) is 189 Å². The number of rotatable bonds is 13. The average Bonchev–Trinajstić information content (AvgIpc) is 3.59. The van der Waals surface area contributed by atoms with Gasteiger partial charge in [-0.2, -0.15) is 5.10 Å². The number of halogens is 2. The van der Waals surface area contributed by atoms with Gasteiger partial charge in [-0.1, -0.05) is 92.5 Å². The van der Waals surface area contributed by atoms with Gasteiger partial charge in [-0.3, -0.25) is 14.9 Å². The first-order valence-electron chi connectivity index (χ1n) is 18.8. The van der Waals surface area contributed by atoms with Gasteiger partial charge in [-0.05, 0) is 68.1 Å². The van der Waals surface area contributed by atoms with Gasteiger partial charge in [0.25, 0.3) is 5.56 Å².